The highest BCUT2D eigenvalue weighted by atomic mass is 32.1. The fourth-order valence-electron chi connectivity index (χ4n) is 1.53. The number of nitrogens with two attached hydrogens (primary N) is 1. The van der Waals surface area contributed by atoms with Crippen LogP contribution in [0.2, 0.25) is 0 Å². The number of thiol groups is 1. The Morgan fingerprint density at radius 1 is 1.54 bits per heavy atom. The number of rotatable bonds is 1. The Labute approximate surface area is 84.2 Å². The van der Waals surface area contributed by atoms with Gasteiger partial charge in [-0.25, -0.2) is 0 Å². The average Bonchev–Trinajstić information content (AvgIpc) is 2.04. The van der Waals surface area contributed by atoms with Crippen molar-refractivity contribution in [1.29, 1.82) is 0 Å². The minimum Gasteiger partial charge on any atom is -0.343 e. The van der Waals surface area contributed by atoms with E-state index in [1.807, 2.05) is 6.08 Å². The molecule has 13 heavy (non-hydrogen) atoms. The van der Waals surface area contributed by atoms with Gasteiger partial charge in [0.25, 0.3) is 5.24 Å². The topological polar surface area (TPSA) is 55.1 Å². The van der Waals surface area contributed by atoms with Gasteiger partial charge in [-0.05, 0) is 19.3 Å². The maximum Gasteiger partial charge on any atom is 0.276 e. The molecule has 0 aliphatic heterocycles. The van der Waals surface area contributed by atoms with Crippen LogP contribution in [0.15, 0.2) is 12.2 Å². The van der Waals surface area contributed by atoms with Crippen molar-refractivity contribution in [1.82, 2.24) is 5.32 Å². The van der Waals surface area contributed by atoms with E-state index in [0.717, 1.165) is 19.3 Å². The summed E-state index contributed by atoms with van der Waals surface area (Å²) in [5.74, 6) is 0. The number of carbonyl (C=O) groups excluding carboxylic acids is 1. The lowest BCUT2D eigenvalue weighted by atomic mass is 9.98. The predicted octanol–water partition coefficient (Wildman–Crippen LogP) is 1.45. The molecule has 3 nitrogen and oxygen atoms in total. The third-order valence-electron chi connectivity index (χ3n) is 2.27. The van der Waals surface area contributed by atoms with Gasteiger partial charge in [0.05, 0.1) is 0 Å². The largest absolute Gasteiger partial charge is 0.343 e. The molecule has 2 atom stereocenters. The number of carbonyl (C=O) groups is 1. The first-order valence-corrected chi connectivity index (χ1v) is 5.06. The first-order valence-electron chi connectivity index (χ1n) is 4.62. The van der Waals surface area contributed by atoms with Gasteiger partial charge in [0, 0.05) is 12.1 Å². The standard InChI is InChI=1S/C9H16N2OS/c10-7-5-3-1-2-4-6-8(7)11-9(12)13/h3,5,7-8H,1-2,4,6,10H2,(H2,11,12,13). The molecule has 1 amide bonds. The van der Waals surface area contributed by atoms with E-state index >= 15 is 0 Å². The molecule has 0 aromatic carbocycles. The van der Waals surface area contributed by atoms with Crippen LogP contribution >= 0.6 is 12.6 Å². The van der Waals surface area contributed by atoms with Gasteiger partial charge in [-0.3, -0.25) is 4.79 Å². The molecule has 3 N–H and O–H groups in total. The number of allylic oxidation sites excluding steroid dienone is 1. The van der Waals surface area contributed by atoms with Crippen molar-refractivity contribution >= 4 is 17.9 Å². The van der Waals surface area contributed by atoms with Gasteiger partial charge in [0.15, 0.2) is 0 Å². The minimum absolute atomic E-state index is 0.0431. The van der Waals surface area contributed by atoms with Crippen molar-refractivity contribution in [2.45, 2.75) is 37.8 Å². The molecular formula is C9H16N2OS. The van der Waals surface area contributed by atoms with Gasteiger partial charge in [-0.1, -0.05) is 31.2 Å². The third kappa shape index (κ3) is 3.83. The summed E-state index contributed by atoms with van der Waals surface area (Å²) in [6.45, 7) is 0. The van der Waals surface area contributed by atoms with Gasteiger partial charge in [0.1, 0.15) is 0 Å². The minimum atomic E-state index is -0.297. The van der Waals surface area contributed by atoms with Gasteiger partial charge in [0.2, 0.25) is 0 Å². The fraction of sp³-hybridized carbons (Fsp3) is 0.667. The first-order chi connectivity index (χ1) is 6.20. The molecule has 0 heterocycles. The molecule has 0 saturated heterocycles. The van der Waals surface area contributed by atoms with E-state index in [4.69, 9.17) is 5.73 Å². The van der Waals surface area contributed by atoms with E-state index in [2.05, 4.69) is 24.0 Å². The highest BCUT2D eigenvalue weighted by Crippen LogP contribution is 2.11. The lowest BCUT2D eigenvalue weighted by Gasteiger charge is -2.23. The van der Waals surface area contributed by atoms with Gasteiger partial charge >= 0.3 is 0 Å². The Bertz CT molecular complexity index is 206. The molecule has 1 aliphatic carbocycles. The summed E-state index contributed by atoms with van der Waals surface area (Å²) in [4.78, 5) is 10.7. The summed E-state index contributed by atoms with van der Waals surface area (Å²) in [6, 6.07) is -0.0297. The Hall–Kier alpha value is -0.480. The zero-order valence-electron chi connectivity index (χ0n) is 7.57. The lowest BCUT2D eigenvalue weighted by Crippen LogP contribution is -2.45. The average molecular weight is 200 g/mol. The van der Waals surface area contributed by atoms with Crippen LogP contribution in [0.1, 0.15) is 25.7 Å². The smallest absolute Gasteiger partial charge is 0.276 e. The van der Waals surface area contributed by atoms with Crippen molar-refractivity contribution in [3.63, 3.8) is 0 Å². The van der Waals surface area contributed by atoms with E-state index in [9.17, 15) is 4.79 Å². The summed E-state index contributed by atoms with van der Waals surface area (Å²) in [7, 11) is 0. The van der Waals surface area contributed by atoms with Crippen LogP contribution in [0.25, 0.3) is 0 Å². The molecule has 0 bridgehead atoms. The Kier molecular flexibility index (Phi) is 4.32. The molecule has 0 aromatic rings. The Morgan fingerprint density at radius 3 is 3.00 bits per heavy atom. The molecule has 2 unspecified atom stereocenters. The van der Waals surface area contributed by atoms with Crippen molar-refractivity contribution in [2.24, 2.45) is 5.73 Å². The van der Waals surface area contributed by atoms with Crippen LogP contribution in [0.5, 0.6) is 0 Å². The maximum absolute atomic E-state index is 10.7. The van der Waals surface area contributed by atoms with E-state index in [1.165, 1.54) is 6.42 Å². The molecule has 1 rings (SSSR count). The number of nitrogens with one attached hydrogen (secondary N) is 1. The molecule has 4 heteroatoms. The van der Waals surface area contributed by atoms with Gasteiger partial charge < -0.3 is 11.1 Å². The molecular weight excluding hydrogens is 184 g/mol. The van der Waals surface area contributed by atoms with Crippen LogP contribution < -0.4 is 11.1 Å². The van der Waals surface area contributed by atoms with E-state index in [0.29, 0.717) is 0 Å². The van der Waals surface area contributed by atoms with Crippen LogP contribution in [-0.4, -0.2) is 17.3 Å². The maximum atomic E-state index is 10.7. The molecule has 1 aliphatic rings. The highest BCUT2D eigenvalue weighted by Gasteiger charge is 2.17. The fourth-order valence-corrected chi connectivity index (χ4v) is 1.70. The van der Waals surface area contributed by atoms with Gasteiger partial charge in [-0.2, -0.15) is 0 Å². The van der Waals surface area contributed by atoms with E-state index < -0.39 is 0 Å². The zero-order chi connectivity index (χ0) is 9.68. The van der Waals surface area contributed by atoms with E-state index in [1.54, 1.807) is 0 Å². The molecule has 0 spiro atoms. The second-order valence-corrected chi connectivity index (χ2v) is 3.75. The summed E-state index contributed by atoms with van der Waals surface area (Å²) in [5.41, 5.74) is 5.86. The first kappa shape index (κ1) is 10.6. The third-order valence-corrected chi connectivity index (χ3v) is 2.40. The van der Waals surface area contributed by atoms with Crippen molar-refractivity contribution in [3.8, 4) is 0 Å². The number of hydrogen-bond acceptors (Lipinski definition) is 2. The SMILES string of the molecule is NC1C=CCCCCC1NC(=O)S. The quantitative estimate of drug-likeness (QED) is 0.443. The Balaban J connectivity index is 2.52. The highest BCUT2D eigenvalue weighted by molar-refractivity contribution is 7.96. The summed E-state index contributed by atoms with van der Waals surface area (Å²) in [5, 5.41) is 2.45. The monoisotopic (exact) mass is 200 g/mol. The molecule has 0 fully saturated rings. The second kappa shape index (κ2) is 5.29. The van der Waals surface area contributed by atoms with Crippen LogP contribution in [0.3, 0.4) is 0 Å². The molecule has 74 valence electrons. The van der Waals surface area contributed by atoms with Crippen molar-refractivity contribution in [2.75, 3.05) is 0 Å². The summed E-state index contributed by atoms with van der Waals surface area (Å²) in [6.07, 6.45) is 8.36. The van der Waals surface area contributed by atoms with Crippen molar-refractivity contribution < 1.29 is 4.79 Å². The summed E-state index contributed by atoms with van der Waals surface area (Å²) < 4.78 is 0. The number of amides is 1. The second-order valence-electron chi connectivity index (χ2n) is 3.35. The molecule has 0 aromatic heterocycles. The molecule has 0 radical (unpaired) electrons. The van der Waals surface area contributed by atoms with Crippen LogP contribution in [-0.2, 0) is 0 Å². The van der Waals surface area contributed by atoms with Gasteiger partial charge in [-0.15, -0.1) is 0 Å². The van der Waals surface area contributed by atoms with Crippen molar-refractivity contribution in [3.05, 3.63) is 12.2 Å². The number of hydrogen-bond donors (Lipinski definition) is 3. The normalized spacial score (nSPS) is 29.1. The lowest BCUT2D eigenvalue weighted by molar-refractivity contribution is 0.255. The Morgan fingerprint density at radius 2 is 2.31 bits per heavy atom. The predicted molar refractivity (Wildman–Crippen MR) is 56.9 cm³/mol. The molecule has 0 saturated carbocycles. The summed E-state index contributed by atoms with van der Waals surface area (Å²) >= 11 is 3.68. The van der Waals surface area contributed by atoms with E-state index in [-0.39, 0.29) is 17.3 Å². The van der Waals surface area contributed by atoms with Crippen LogP contribution in [0, 0.1) is 0 Å². The zero-order valence-corrected chi connectivity index (χ0v) is 8.47. The van der Waals surface area contributed by atoms with Crippen LogP contribution in [0.4, 0.5) is 4.79 Å².